The van der Waals surface area contributed by atoms with Gasteiger partial charge in [0, 0.05) is 22.9 Å². The molecule has 0 aromatic heterocycles. The first-order chi connectivity index (χ1) is 3.62. The van der Waals surface area contributed by atoms with Crippen LogP contribution in [0.1, 0.15) is 13.3 Å². The average Bonchev–Trinajstić information content (AvgIpc) is 1.67. The van der Waals surface area contributed by atoms with Gasteiger partial charge in [0.2, 0.25) is 10.0 Å². The van der Waals surface area contributed by atoms with E-state index in [1.54, 1.807) is 22.9 Å². The van der Waals surface area contributed by atoms with E-state index in [4.69, 9.17) is 0 Å². The first-order valence-corrected chi connectivity index (χ1v) is 4.95. The van der Waals surface area contributed by atoms with Crippen LogP contribution in [0.25, 0.3) is 0 Å². The highest BCUT2D eigenvalue weighted by Crippen LogP contribution is 1.89. The minimum absolute atomic E-state index is 0.218. The summed E-state index contributed by atoms with van der Waals surface area (Å²) >= 11 is 1.62. The lowest BCUT2D eigenvalue weighted by molar-refractivity contribution is 0.594. The van der Waals surface area contributed by atoms with Crippen molar-refractivity contribution in [2.45, 2.75) is 13.3 Å². The predicted molar refractivity (Wildman–Crippen MR) is 41.2 cm³/mol. The summed E-state index contributed by atoms with van der Waals surface area (Å²) in [6.45, 7) is 1.82. The van der Waals surface area contributed by atoms with Crippen molar-refractivity contribution in [2.75, 3.05) is 5.75 Å². The fraction of sp³-hybridized carbons (Fsp3) is 1.00. The first-order valence-electron chi connectivity index (χ1n) is 2.22. The third kappa shape index (κ3) is 3.62. The molecule has 8 heavy (non-hydrogen) atoms. The Bertz CT molecular complexity index is 141. The fourth-order valence-corrected chi connectivity index (χ4v) is 1.58. The summed E-state index contributed by atoms with van der Waals surface area (Å²) in [6, 6.07) is 0. The van der Waals surface area contributed by atoms with Crippen LogP contribution in [0.15, 0.2) is 0 Å². The van der Waals surface area contributed by atoms with Crippen molar-refractivity contribution >= 4 is 32.9 Å². The number of halogens is 1. The van der Waals surface area contributed by atoms with E-state index >= 15 is 0 Å². The molecule has 0 rings (SSSR count). The number of hydrogen-bond donors (Lipinski definition) is 1. The molecule has 0 saturated carbocycles. The fourth-order valence-electron chi connectivity index (χ4n) is 0.307. The van der Waals surface area contributed by atoms with Crippen molar-refractivity contribution in [3.05, 3.63) is 0 Å². The molecule has 0 aliphatic carbocycles. The van der Waals surface area contributed by atoms with Gasteiger partial charge in [-0.15, -0.1) is 0 Å². The highest BCUT2D eigenvalue weighted by atomic mass is 127. The van der Waals surface area contributed by atoms with Gasteiger partial charge in [0.05, 0.1) is 5.75 Å². The van der Waals surface area contributed by atoms with Gasteiger partial charge < -0.3 is 0 Å². The molecule has 0 aliphatic rings. The number of nitrogens with one attached hydrogen (secondary N) is 1. The molecule has 0 aromatic rings. The average molecular weight is 249 g/mol. The maximum atomic E-state index is 10.5. The van der Waals surface area contributed by atoms with Gasteiger partial charge in [-0.2, -0.15) is 2.94 Å². The van der Waals surface area contributed by atoms with Crippen LogP contribution < -0.4 is 2.94 Å². The maximum absolute atomic E-state index is 10.5. The molecule has 50 valence electrons. The normalized spacial score (nSPS) is 11.8. The van der Waals surface area contributed by atoms with Crippen LogP contribution in [0.2, 0.25) is 0 Å². The largest absolute Gasteiger partial charge is 0.220 e. The molecule has 0 unspecified atom stereocenters. The molecular weight excluding hydrogens is 241 g/mol. The predicted octanol–water partition coefficient (Wildman–Crippen LogP) is 0.666. The van der Waals surface area contributed by atoms with Crippen LogP contribution in [0.4, 0.5) is 0 Å². The number of sulfonamides is 1. The molecule has 3 nitrogen and oxygen atoms in total. The third-order valence-corrected chi connectivity index (χ3v) is 3.78. The molecule has 0 atom stereocenters. The molecular formula is C3H8INO2S. The van der Waals surface area contributed by atoms with Crippen LogP contribution >= 0.6 is 22.9 Å². The van der Waals surface area contributed by atoms with Gasteiger partial charge in [-0.05, 0) is 6.42 Å². The van der Waals surface area contributed by atoms with Crippen molar-refractivity contribution in [2.24, 2.45) is 0 Å². The lowest BCUT2D eigenvalue weighted by atomic mass is 10.6. The molecule has 0 bridgehead atoms. The van der Waals surface area contributed by atoms with E-state index in [9.17, 15) is 8.42 Å². The highest BCUT2D eigenvalue weighted by molar-refractivity contribution is 14.1. The second-order valence-electron chi connectivity index (χ2n) is 1.40. The Morgan fingerprint density at radius 1 is 1.62 bits per heavy atom. The quantitative estimate of drug-likeness (QED) is 0.590. The van der Waals surface area contributed by atoms with Gasteiger partial charge in [0.1, 0.15) is 0 Å². The standard InChI is InChI=1S/C3H8INO2S/c1-2-3-8(6,7)5-4/h5H,2-3H2,1H3. The molecule has 0 spiro atoms. The zero-order valence-electron chi connectivity index (χ0n) is 4.52. The van der Waals surface area contributed by atoms with E-state index in [2.05, 4.69) is 2.94 Å². The van der Waals surface area contributed by atoms with Gasteiger partial charge >= 0.3 is 0 Å². The third-order valence-electron chi connectivity index (χ3n) is 0.590. The molecule has 0 amide bonds. The first kappa shape index (κ1) is 8.64. The van der Waals surface area contributed by atoms with Crippen molar-refractivity contribution in [3.8, 4) is 0 Å². The molecule has 0 fully saturated rings. The second kappa shape index (κ2) is 3.62. The molecule has 0 heterocycles. The molecule has 5 heteroatoms. The Labute approximate surface area is 63.4 Å². The summed E-state index contributed by atoms with van der Waals surface area (Å²) in [5.41, 5.74) is 0. The summed E-state index contributed by atoms with van der Waals surface area (Å²) in [7, 11) is -2.93. The SMILES string of the molecule is CCCS(=O)(=O)NI. The summed E-state index contributed by atoms with van der Waals surface area (Å²) in [4.78, 5) is 0. The second-order valence-corrected chi connectivity index (χ2v) is 4.51. The van der Waals surface area contributed by atoms with Crippen molar-refractivity contribution < 1.29 is 8.42 Å². The summed E-state index contributed by atoms with van der Waals surface area (Å²) in [5.74, 6) is 0.218. The van der Waals surface area contributed by atoms with Crippen LogP contribution in [0.3, 0.4) is 0 Å². The van der Waals surface area contributed by atoms with Gasteiger partial charge in [-0.25, -0.2) is 8.42 Å². The monoisotopic (exact) mass is 249 g/mol. The Morgan fingerprint density at radius 3 is 2.25 bits per heavy atom. The minimum Gasteiger partial charge on any atom is -0.212 e. The van der Waals surface area contributed by atoms with Crippen molar-refractivity contribution in [1.29, 1.82) is 0 Å². The highest BCUT2D eigenvalue weighted by Gasteiger charge is 2.02. The van der Waals surface area contributed by atoms with E-state index in [0.29, 0.717) is 6.42 Å². The van der Waals surface area contributed by atoms with Crippen molar-refractivity contribution in [3.63, 3.8) is 0 Å². The van der Waals surface area contributed by atoms with E-state index < -0.39 is 10.0 Å². The zero-order valence-corrected chi connectivity index (χ0v) is 7.49. The van der Waals surface area contributed by atoms with E-state index in [-0.39, 0.29) is 5.75 Å². The molecule has 0 radical (unpaired) electrons. The van der Waals surface area contributed by atoms with Crippen molar-refractivity contribution in [1.82, 2.24) is 2.94 Å². The molecule has 0 aromatic carbocycles. The number of rotatable bonds is 3. The zero-order chi connectivity index (χ0) is 6.62. The van der Waals surface area contributed by atoms with Crippen LogP contribution in [0, 0.1) is 0 Å². The van der Waals surface area contributed by atoms with E-state index in [1.807, 2.05) is 6.92 Å². The molecule has 0 saturated heterocycles. The molecule has 0 aliphatic heterocycles. The Morgan fingerprint density at radius 2 is 2.12 bits per heavy atom. The summed E-state index contributed by atoms with van der Waals surface area (Å²) in [5, 5.41) is 0. The Balaban J connectivity index is 3.76. The lowest BCUT2D eigenvalue weighted by Crippen LogP contribution is -2.15. The van der Waals surface area contributed by atoms with Gasteiger partial charge in [0.25, 0.3) is 0 Å². The lowest BCUT2D eigenvalue weighted by Gasteiger charge is -1.93. The van der Waals surface area contributed by atoms with E-state index in [1.165, 1.54) is 0 Å². The summed E-state index contributed by atoms with van der Waals surface area (Å²) in [6.07, 6.45) is 0.665. The summed E-state index contributed by atoms with van der Waals surface area (Å²) < 4.78 is 23.1. The van der Waals surface area contributed by atoms with Gasteiger partial charge in [-0.1, -0.05) is 6.92 Å². The number of hydrogen-bond acceptors (Lipinski definition) is 2. The van der Waals surface area contributed by atoms with Gasteiger partial charge in [-0.3, -0.25) is 0 Å². The van der Waals surface area contributed by atoms with Crippen LogP contribution in [0.5, 0.6) is 0 Å². The maximum Gasteiger partial charge on any atom is 0.220 e. The van der Waals surface area contributed by atoms with E-state index in [0.717, 1.165) is 0 Å². The van der Waals surface area contributed by atoms with Gasteiger partial charge in [0.15, 0.2) is 0 Å². The smallest absolute Gasteiger partial charge is 0.212 e. The molecule has 1 N–H and O–H groups in total. The Hall–Kier alpha value is 0.640. The Kier molecular flexibility index (Phi) is 3.91. The van der Waals surface area contributed by atoms with Crippen LogP contribution in [-0.4, -0.2) is 14.2 Å². The van der Waals surface area contributed by atoms with Crippen LogP contribution in [-0.2, 0) is 10.0 Å². The topological polar surface area (TPSA) is 46.2 Å². The minimum atomic E-state index is -2.93.